The predicted octanol–water partition coefficient (Wildman–Crippen LogP) is 4.18. The summed E-state index contributed by atoms with van der Waals surface area (Å²) in [6, 6.07) is 14.2. The van der Waals surface area contributed by atoms with Crippen molar-refractivity contribution in [2.45, 2.75) is 34.2 Å². The van der Waals surface area contributed by atoms with E-state index in [1.807, 2.05) is 33.8 Å². The Bertz CT molecular complexity index is 1460. The molecule has 0 bridgehead atoms. The summed E-state index contributed by atoms with van der Waals surface area (Å²) in [6.07, 6.45) is 0. The number of hydrogen-bond donors (Lipinski definition) is 1. The summed E-state index contributed by atoms with van der Waals surface area (Å²) in [4.78, 5) is 41.2. The van der Waals surface area contributed by atoms with E-state index in [0.29, 0.717) is 33.9 Å². The number of amides is 1. The Kier molecular flexibility index (Phi) is 6.20. The van der Waals surface area contributed by atoms with Gasteiger partial charge in [0.05, 0.1) is 17.7 Å². The number of thiophene rings is 1. The van der Waals surface area contributed by atoms with Crippen LogP contribution in [0, 0.1) is 20.8 Å². The highest BCUT2D eigenvalue weighted by atomic mass is 32.1. The predicted molar refractivity (Wildman–Crippen MR) is 132 cm³/mol. The van der Waals surface area contributed by atoms with Crippen LogP contribution in [0.3, 0.4) is 0 Å². The van der Waals surface area contributed by atoms with Crippen molar-refractivity contribution in [3.8, 4) is 11.4 Å². The molecule has 0 aliphatic carbocycles. The zero-order valence-corrected chi connectivity index (χ0v) is 19.8. The van der Waals surface area contributed by atoms with Crippen LogP contribution in [0.1, 0.15) is 22.9 Å². The Hall–Kier alpha value is -3.65. The SMILES string of the molecule is CCOc1ccc(NC(=O)Cn2c(=O)n(-c3cccc(C)c3)c(=O)c3c(C)c(C)sc32)cc1. The minimum Gasteiger partial charge on any atom is -0.494 e. The Morgan fingerprint density at radius 2 is 1.79 bits per heavy atom. The molecule has 0 spiro atoms. The fourth-order valence-electron chi connectivity index (χ4n) is 3.74. The molecule has 0 fully saturated rings. The largest absolute Gasteiger partial charge is 0.494 e. The van der Waals surface area contributed by atoms with Crippen LogP contribution in [-0.2, 0) is 11.3 Å². The maximum Gasteiger partial charge on any atom is 0.337 e. The highest BCUT2D eigenvalue weighted by Gasteiger charge is 2.21. The number of carbonyl (C=O) groups is 1. The molecular weight excluding hydrogens is 438 g/mol. The van der Waals surface area contributed by atoms with Gasteiger partial charge in [-0.05, 0) is 75.2 Å². The number of nitrogens with one attached hydrogen (secondary N) is 1. The van der Waals surface area contributed by atoms with Gasteiger partial charge in [0.1, 0.15) is 17.1 Å². The van der Waals surface area contributed by atoms with Crippen LogP contribution < -0.4 is 21.3 Å². The van der Waals surface area contributed by atoms with Crippen molar-refractivity contribution in [2.24, 2.45) is 0 Å². The van der Waals surface area contributed by atoms with Gasteiger partial charge in [0.25, 0.3) is 5.56 Å². The van der Waals surface area contributed by atoms with Gasteiger partial charge < -0.3 is 10.1 Å². The normalized spacial score (nSPS) is 11.0. The van der Waals surface area contributed by atoms with E-state index in [-0.39, 0.29) is 18.0 Å². The van der Waals surface area contributed by atoms with E-state index >= 15 is 0 Å². The third kappa shape index (κ3) is 4.34. The van der Waals surface area contributed by atoms with Gasteiger partial charge in [0.15, 0.2) is 0 Å². The van der Waals surface area contributed by atoms with E-state index in [9.17, 15) is 14.4 Å². The molecule has 8 heteroatoms. The lowest BCUT2D eigenvalue weighted by Crippen LogP contribution is -2.40. The van der Waals surface area contributed by atoms with Crippen LogP contribution in [0.25, 0.3) is 15.9 Å². The number of anilines is 1. The average molecular weight is 464 g/mol. The first kappa shape index (κ1) is 22.5. The minimum atomic E-state index is -0.541. The molecule has 170 valence electrons. The number of rotatable bonds is 6. The third-order valence-electron chi connectivity index (χ3n) is 5.46. The maximum absolute atomic E-state index is 13.5. The second-order valence-electron chi connectivity index (χ2n) is 7.82. The van der Waals surface area contributed by atoms with Crippen LogP contribution in [-0.4, -0.2) is 21.6 Å². The van der Waals surface area contributed by atoms with Crippen LogP contribution in [0.15, 0.2) is 58.1 Å². The first-order valence-corrected chi connectivity index (χ1v) is 11.5. The van der Waals surface area contributed by atoms with Gasteiger partial charge in [-0.1, -0.05) is 12.1 Å². The van der Waals surface area contributed by atoms with Crippen molar-refractivity contribution < 1.29 is 9.53 Å². The minimum absolute atomic E-state index is 0.214. The van der Waals surface area contributed by atoms with Gasteiger partial charge >= 0.3 is 5.69 Å². The van der Waals surface area contributed by atoms with Crippen molar-refractivity contribution in [3.05, 3.63) is 85.4 Å². The Morgan fingerprint density at radius 3 is 2.45 bits per heavy atom. The molecule has 0 radical (unpaired) electrons. The Morgan fingerprint density at radius 1 is 1.06 bits per heavy atom. The maximum atomic E-state index is 13.5. The zero-order valence-electron chi connectivity index (χ0n) is 19.0. The fraction of sp³-hybridized carbons (Fsp3) is 0.240. The topological polar surface area (TPSA) is 82.3 Å². The van der Waals surface area contributed by atoms with Gasteiger partial charge in [0, 0.05) is 10.6 Å². The lowest BCUT2D eigenvalue weighted by molar-refractivity contribution is -0.116. The molecule has 4 rings (SSSR count). The highest BCUT2D eigenvalue weighted by molar-refractivity contribution is 7.18. The quantitative estimate of drug-likeness (QED) is 0.465. The summed E-state index contributed by atoms with van der Waals surface area (Å²) < 4.78 is 7.96. The van der Waals surface area contributed by atoms with Gasteiger partial charge in [0.2, 0.25) is 5.91 Å². The van der Waals surface area contributed by atoms with E-state index in [4.69, 9.17) is 4.74 Å². The van der Waals surface area contributed by atoms with Gasteiger partial charge in [-0.3, -0.25) is 14.2 Å². The van der Waals surface area contributed by atoms with Gasteiger partial charge in [-0.25, -0.2) is 9.36 Å². The van der Waals surface area contributed by atoms with Crippen molar-refractivity contribution in [1.29, 1.82) is 0 Å². The van der Waals surface area contributed by atoms with E-state index in [1.54, 1.807) is 42.5 Å². The number of hydrogen-bond acceptors (Lipinski definition) is 5. The molecule has 2 aromatic heterocycles. The van der Waals surface area contributed by atoms with E-state index in [2.05, 4.69) is 5.32 Å². The molecule has 7 nitrogen and oxygen atoms in total. The molecular formula is C25H25N3O4S. The molecule has 4 aromatic rings. The summed E-state index contributed by atoms with van der Waals surface area (Å²) in [6.45, 7) is 7.92. The molecule has 0 saturated heterocycles. The van der Waals surface area contributed by atoms with E-state index < -0.39 is 5.69 Å². The zero-order chi connectivity index (χ0) is 23.7. The lowest BCUT2D eigenvalue weighted by atomic mass is 10.2. The molecule has 0 saturated carbocycles. The van der Waals surface area contributed by atoms with Crippen LogP contribution in [0.2, 0.25) is 0 Å². The molecule has 0 aliphatic rings. The molecule has 0 atom stereocenters. The van der Waals surface area contributed by atoms with Gasteiger partial charge in [-0.2, -0.15) is 0 Å². The van der Waals surface area contributed by atoms with Gasteiger partial charge in [-0.15, -0.1) is 11.3 Å². The van der Waals surface area contributed by atoms with Crippen LogP contribution >= 0.6 is 11.3 Å². The molecule has 1 amide bonds. The number of benzene rings is 2. The number of aryl methyl sites for hydroxylation is 3. The van der Waals surface area contributed by atoms with Crippen molar-refractivity contribution in [3.63, 3.8) is 0 Å². The van der Waals surface area contributed by atoms with Crippen LogP contribution in [0.4, 0.5) is 5.69 Å². The Labute approximate surface area is 194 Å². The molecule has 0 aliphatic heterocycles. The number of fused-ring (bicyclic) bond motifs is 1. The monoisotopic (exact) mass is 463 g/mol. The summed E-state index contributed by atoms with van der Waals surface area (Å²) in [7, 11) is 0. The first-order valence-electron chi connectivity index (χ1n) is 10.7. The second kappa shape index (κ2) is 9.07. The summed E-state index contributed by atoms with van der Waals surface area (Å²) in [5.41, 5.74) is 1.92. The number of nitrogens with zero attached hydrogens (tertiary/aromatic N) is 2. The fourth-order valence-corrected chi connectivity index (χ4v) is 4.88. The summed E-state index contributed by atoms with van der Waals surface area (Å²) in [5.74, 6) is 0.351. The molecule has 2 heterocycles. The molecule has 2 aromatic carbocycles. The first-order chi connectivity index (χ1) is 15.8. The summed E-state index contributed by atoms with van der Waals surface area (Å²) in [5, 5.41) is 3.28. The van der Waals surface area contributed by atoms with Crippen LogP contribution in [0.5, 0.6) is 5.75 Å². The Balaban J connectivity index is 1.78. The van der Waals surface area contributed by atoms with E-state index in [0.717, 1.165) is 20.6 Å². The average Bonchev–Trinajstić information content (AvgIpc) is 3.07. The number of ether oxygens (including phenoxy) is 1. The van der Waals surface area contributed by atoms with Crippen molar-refractivity contribution in [2.75, 3.05) is 11.9 Å². The molecule has 33 heavy (non-hydrogen) atoms. The second-order valence-corrected chi connectivity index (χ2v) is 9.02. The third-order valence-corrected chi connectivity index (χ3v) is 6.69. The summed E-state index contributed by atoms with van der Waals surface area (Å²) >= 11 is 1.35. The molecule has 0 unspecified atom stereocenters. The van der Waals surface area contributed by atoms with Crippen molar-refractivity contribution in [1.82, 2.24) is 9.13 Å². The number of aromatic nitrogens is 2. The smallest absolute Gasteiger partial charge is 0.337 e. The highest BCUT2D eigenvalue weighted by Crippen LogP contribution is 2.27. The molecule has 1 N–H and O–H groups in total. The van der Waals surface area contributed by atoms with E-state index in [1.165, 1.54) is 15.9 Å². The lowest BCUT2D eigenvalue weighted by Gasteiger charge is -2.13. The van der Waals surface area contributed by atoms with Crippen molar-refractivity contribution >= 4 is 33.1 Å². The number of carbonyl (C=O) groups excluding carboxylic acids is 1. The standard InChI is InChI=1S/C25H25N3O4S/c1-5-32-20-11-9-18(10-12-20)26-21(29)14-27-24-22(16(3)17(4)33-24)23(30)28(25(27)31)19-8-6-7-15(2)13-19/h6-13H,5,14H2,1-4H3,(H,26,29).